The molecule has 0 spiro atoms. The summed E-state index contributed by atoms with van der Waals surface area (Å²) in [7, 11) is 0. The van der Waals surface area contributed by atoms with Crippen molar-refractivity contribution in [3.05, 3.63) is 64.7 Å². The van der Waals surface area contributed by atoms with Crippen molar-refractivity contribution in [1.29, 1.82) is 0 Å². The molecule has 1 nitrogen and oxygen atoms in total. The second kappa shape index (κ2) is 5.00. The van der Waals surface area contributed by atoms with Gasteiger partial charge in [0.15, 0.2) is 11.6 Å². The van der Waals surface area contributed by atoms with Crippen LogP contribution in [-0.2, 0) is 19.4 Å². The summed E-state index contributed by atoms with van der Waals surface area (Å²) < 4.78 is 26.6. The van der Waals surface area contributed by atoms with Crippen molar-refractivity contribution in [2.24, 2.45) is 0 Å². The lowest BCUT2D eigenvalue weighted by molar-refractivity contribution is 0.511. The monoisotopic (exact) mass is 259 g/mol. The molecule has 2 aromatic carbocycles. The zero-order chi connectivity index (χ0) is 13.2. The molecular formula is C16H15F2N. The van der Waals surface area contributed by atoms with Crippen LogP contribution >= 0.6 is 0 Å². The third kappa shape index (κ3) is 2.46. The first-order valence-corrected chi connectivity index (χ1v) is 6.52. The molecule has 0 atom stereocenters. The molecule has 0 unspecified atom stereocenters. The van der Waals surface area contributed by atoms with Crippen molar-refractivity contribution in [1.82, 2.24) is 0 Å². The molecule has 0 radical (unpaired) electrons. The second-order valence-electron chi connectivity index (χ2n) is 4.91. The van der Waals surface area contributed by atoms with Crippen molar-refractivity contribution >= 4 is 5.69 Å². The van der Waals surface area contributed by atoms with Crippen molar-refractivity contribution in [3.63, 3.8) is 0 Å². The molecule has 1 aliphatic carbocycles. The van der Waals surface area contributed by atoms with E-state index in [-0.39, 0.29) is 5.69 Å². The van der Waals surface area contributed by atoms with Gasteiger partial charge in [-0.15, -0.1) is 0 Å². The lowest BCUT2D eigenvalue weighted by atomic mass is 10.1. The summed E-state index contributed by atoms with van der Waals surface area (Å²) in [5.74, 6) is -1.64. The summed E-state index contributed by atoms with van der Waals surface area (Å²) in [4.78, 5) is 0. The van der Waals surface area contributed by atoms with Gasteiger partial charge in [0.1, 0.15) is 0 Å². The fourth-order valence-corrected chi connectivity index (χ4v) is 2.57. The van der Waals surface area contributed by atoms with Crippen molar-refractivity contribution < 1.29 is 8.78 Å². The van der Waals surface area contributed by atoms with Gasteiger partial charge in [-0.2, -0.15) is 0 Å². The maximum Gasteiger partial charge on any atom is 0.181 e. The number of hydrogen-bond acceptors (Lipinski definition) is 1. The van der Waals surface area contributed by atoms with Gasteiger partial charge in [0.05, 0.1) is 5.69 Å². The highest BCUT2D eigenvalue weighted by molar-refractivity contribution is 5.46. The number of aryl methyl sites for hydroxylation is 2. The minimum atomic E-state index is -0.820. The molecule has 0 bridgehead atoms. The highest BCUT2D eigenvalue weighted by Crippen LogP contribution is 2.23. The summed E-state index contributed by atoms with van der Waals surface area (Å²) in [6, 6.07) is 10.5. The van der Waals surface area contributed by atoms with Crippen LogP contribution in [0.25, 0.3) is 0 Å². The van der Waals surface area contributed by atoms with Crippen molar-refractivity contribution in [2.45, 2.75) is 25.8 Å². The summed E-state index contributed by atoms with van der Waals surface area (Å²) in [5, 5.41) is 2.95. The van der Waals surface area contributed by atoms with Crippen LogP contribution in [0.15, 0.2) is 36.4 Å². The Labute approximate surface area is 111 Å². The summed E-state index contributed by atoms with van der Waals surface area (Å²) in [6.45, 7) is 0.508. The molecule has 2 aromatic rings. The minimum Gasteiger partial charge on any atom is -0.379 e. The van der Waals surface area contributed by atoms with E-state index in [1.165, 1.54) is 23.6 Å². The first kappa shape index (κ1) is 12.2. The molecule has 19 heavy (non-hydrogen) atoms. The number of rotatable bonds is 3. The van der Waals surface area contributed by atoms with Crippen molar-refractivity contribution in [2.75, 3.05) is 5.32 Å². The topological polar surface area (TPSA) is 12.0 Å². The van der Waals surface area contributed by atoms with E-state index in [1.807, 2.05) is 6.07 Å². The van der Waals surface area contributed by atoms with Gasteiger partial charge in [-0.05, 0) is 48.1 Å². The number of halogens is 2. The highest BCUT2D eigenvalue weighted by Gasteiger charge is 2.11. The minimum absolute atomic E-state index is 0.209. The number of benzene rings is 2. The normalized spacial score (nSPS) is 13.4. The third-order valence-electron chi connectivity index (χ3n) is 3.60. The van der Waals surface area contributed by atoms with Gasteiger partial charge < -0.3 is 5.32 Å². The second-order valence-corrected chi connectivity index (χ2v) is 4.91. The van der Waals surface area contributed by atoms with Crippen LogP contribution in [0.2, 0.25) is 0 Å². The average Bonchev–Trinajstić information content (AvgIpc) is 2.88. The zero-order valence-electron chi connectivity index (χ0n) is 10.5. The van der Waals surface area contributed by atoms with Gasteiger partial charge in [-0.3, -0.25) is 0 Å². The SMILES string of the molecule is Fc1cccc(NCc2ccc3c(c2)CCC3)c1F. The molecule has 98 valence electrons. The molecule has 1 N–H and O–H groups in total. The van der Waals surface area contributed by atoms with Crippen LogP contribution in [0.4, 0.5) is 14.5 Å². The van der Waals surface area contributed by atoms with Crippen LogP contribution in [0.1, 0.15) is 23.1 Å². The summed E-state index contributed by atoms with van der Waals surface area (Å²) >= 11 is 0. The van der Waals surface area contributed by atoms with Crippen molar-refractivity contribution in [3.8, 4) is 0 Å². The lowest BCUT2D eigenvalue weighted by Crippen LogP contribution is -2.03. The van der Waals surface area contributed by atoms with E-state index >= 15 is 0 Å². The van der Waals surface area contributed by atoms with E-state index in [4.69, 9.17) is 0 Å². The zero-order valence-corrected chi connectivity index (χ0v) is 10.5. The predicted molar refractivity (Wildman–Crippen MR) is 72.2 cm³/mol. The van der Waals surface area contributed by atoms with Crippen LogP contribution in [0, 0.1) is 11.6 Å². The number of hydrogen-bond donors (Lipinski definition) is 1. The third-order valence-corrected chi connectivity index (χ3v) is 3.60. The Kier molecular flexibility index (Phi) is 3.20. The largest absolute Gasteiger partial charge is 0.379 e. The maximum absolute atomic E-state index is 13.5. The van der Waals surface area contributed by atoms with Gasteiger partial charge in [-0.25, -0.2) is 8.78 Å². The van der Waals surface area contributed by atoms with E-state index in [1.54, 1.807) is 6.07 Å². The number of anilines is 1. The Morgan fingerprint density at radius 2 is 1.84 bits per heavy atom. The molecule has 3 heteroatoms. The van der Waals surface area contributed by atoms with Crippen LogP contribution in [0.3, 0.4) is 0 Å². The molecule has 0 amide bonds. The van der Waals surface area contributed by atoms with Crippen LogP contribution in [0.5, 0.6) is 0 Å². The fraction of sp³-hybridized carbons (Fsp3) is 0.250. The van der Waals surface area contributed by atoms with Gasteiger partial charge >= 0.3 is 0 Å². The molecule has 1 aliphatic rings. The fourth-order valence-electron chi connectivity index (χ4n) is 2.57. The van der Waals surface area contributed by atoms with Gasteiger partial charge in [0, 0.05) is 6.54 Å². The molecule has 0 aromatic heterocycles. The first-order valence-electron chi connectivity index (χ1n) is 6.52. The average molecular weight is 259 g/mol. The first-order chi connectivity index (χ1) is 9.24. The Morgan fingerprint density at radius 1 is 1.00 bits per heavy atom. The predicted octanol–water partition coefficient (Wildman–Crippen LogP) is 4.07. The molecule has 0 saturated carbocycles. The Balaban J connectivity index is 1.74. The van der Waals surface area contributed by atoms with E-state index in [9.17, 15) is 8.78 Å². The molecule has 3 rings (SSSR count). The van der Waals surface area contributed by atoms with Crippen LogP contribution in [-0.4, -0.2) is 0 Å². The quantitative estimate of drug-likeness (QED) is 0.876. The number of nitrogens with one attached hydrogen (secondary N) is 1. The smallest absolute Gasteiger partial charge is 0.181 e. The Hall–Kier alpha value is -1.90. The van der Waals surface area contributed by atoms with E-state index < -0.39 is 11.6 Å². The van der Waals surface area contributed by atoms with Gasteiger partial charge in [0.2, 0.25) is 0 Å². The standard InChI is InChI=1S/C16H15F2N/c17-14-5-2-6-15(16(14)18)19-10-11-7-8-12-3-1-4-13(12)9-11/h2,5-9,19H,1,3-4,10H2. The molecular weight excluding hydrogens is 244 g/mol. The van der Waals surface area contributed by atoms with Gasteiger partial charge in [0.25, 0.3) is 0 Å². The van der Waals surface area contributed by atoms with E-state index in [0.717, 1.165) is 24.5 Å². The Bertz CT molecular complexity index is 608. The molecule has 0 heterocycles. The van der Waals surface area contributed by atoms with E-state index in [0.29, 0.717) is 6.54 Å². The Morgan fingerprint density at radius 3 is 2.74 bits per heavy atom. The van der Waals surface area contributed by atoms with Crippen LogP contribution < -0.4 is 5.32 Å². The number of fused-ring (bicyclic) bond motifs is 1. The highest BCUT2D eigenvalue weighted by atomic mass is 19.2. The van der Waals surface area contributed by atoms with E-state index in [2.05, 4.69) is 17.4 Å². The molecule has 0 aliphatic heterocycles. The molecule has 0 fully saturated rings. The lowest BCUT2D eigenvalue weighted by Gasteiger charge is -2.09. The molecule has 0 saturated heterocycles. The maximum atomic E-state index is 13.5. The summed E-state index contributed by atoms with van der Waals surface area (Å²) in [6.07, 6.45) is 3.49. The van der Waals surface area contributed by atoms with Gasteiger partial charge in [-0.1, -0.05) is 24.3 Å². The summed E-state index contributed by atoms with van der Waals surface area (Å²) in [5.41, 5.74) is 4.12.